The van der Waals surface area contributed by atoms with Gasteiger partial charge in [-0.1, -0.05) is 63.2 Å². The fourth-order valence-electron chi connectivity index (χ4n) is 3.75. The minimum Gasteiger partial charge on any atom is -0.326 e. The molecule has 1 aromatic heterocycles. The fraction of sp³-hybridized carbons (Fsp3) is 0.231. The highest BCUT2D eigenvalue weighted by atomic mass is 32.2. The second-order valence-corrected chi connectivity index (χ2v) is 9.91. The molecule has 1 heterocycles. The molecule has 0 aliphatic carbocycles. The quantitative estimate of drug-likeness (QED) is 0.363. The molecule has 0 saturated carbocycles. The number of carbonyl (C=O) groups excluding carboxylic acids is 2. The Balaban J connectivity index is 1.51. The lowest BCUT2D eigenvalue weighted by molar-refractivity contribution is -0.117. The number of rotatable bonds is 5. The van der Waals surface area contributed by atoms with Crippen molar-refractivity contribution in [2.75, 3.05) is 11.1 Å². The van der Waals surface area contributed by atoms with Gasteiger partial charge in [0.2, 0.25) is 11.8 Å². The van der Waals surface area contributed by atoms with Gasteiger partial charge in [-0.25, -0.2) is 0 Å². The summed E-state index contributed by atoms with van der Waals surface area (Å²) >= 11 is 1.48. The van der Waals surface area contributed by atoms with Gasteiger partial charge in [0.15, 0.2) is 0 Å². The van der Waals surface area contributed by atoms with Crippen molar-refractivity contribution < 1.29 is 9.59 Å². The number of nitrogens with zero attached hydrogens (tertiary/aromatic N) is 1. The van der Waals surface area contributed by atoms with Crippen LogP contribution in [0.15, 0.2) is 77.7 Å². The van der Waals surface area contributed by atoms with Gasteiger partial charge >= 0.3 is 0 Å². The Hall–Kier alpha value is -3.05. The molecule has 0 unspecified atom stereocenters. The minimum atomic E-state index is -0.0643. The van der Waals surface area contributed by atoms with Crippen LogP contribution >= 0.6 is 11.8 Å². The molecule has 4 nitrogen and oxygen atoms in total. The van der Waals surface area contributed by atoms with Crippen LogP contribution in [0.3, 0.4) is 0 Å². The van der Waals surface area contributed by atoms with Crippen LogP contribution in [0.5, 0.6) is 0 Å². The van der Waals surface area contributed by atoms with Gasteiger partial charge in [-0.05, 0) is 35.7 Å². The molecule has 3 aromatic carbocycles. The number of thioether (sulfide) groups is 1. The van der Waals surface area contributed by atoms with Crippen LogP contribution in [0.1, 0.15) is 32.0 Å². The highest BCUT2D eigenvalue weighted by molar-refractivity contribution is 8.00. The minimum absolute atomic E-state index is 0.00370. The number of hydrogen-bond acceptors (Lipinski definition) is 3. The Morgan fingerprint density at radius 3 is 2.10 bits per heavy atom. The Bertz CT molecular complexity index is 1210. The third-order valence-electron chi connectivity index (χ3n) is 5.00. The maximum atomic E-state index is 13.2. The van der Waals surface area contributed by atoms with E-state index in [4.69, 9.17) is 0 Å². The summed E-state index contributed by atoms with van der Waals surface area (Å²) < 4.78 is 1.81. The maximum absolute atomic E-state index is 13.2. The van der Waals surface area contributed by atoms with Crippen molar-refractivity contribution in [3.05, 3.63) is 72.8 Å². The molecule has 158 valence electrons. The average Bonchev–Trinajstić information content (AvgIpc) is 3.05. The molecular weight excluding hydrogens is 404 g/mol. The van der Waals surface area contributed by atoms with Crippen molar-refractivity contribution in [3.8, 4) is 0 Å². The van der Waals surface area contributed by atoms with E-state index in [0.717, 1.165) is 32.4 Å². The zero-order chi connectivity index (χ0) is 22.0. The highest BCUT2D eigenvalue weighted by Crippen LogP contribution is 2.30. The number of aromatic nitrogens is 1. The Kier molecular flexibility index (Phi) is 5.88. The lowest BCUT2D eigenvalue weighted by atomic mass is 9.92. The van der Waals surface area contributed by atoms with Gasteiger partial charge in [-0.3, -0.25) is 14.2 Å². The van der Waals surface area contributed by atoms with Gasteiger partial charge < -0.3 is 5.32 Å². The molecule has 0 radical (unpaired) electrons. The van der Waals surface area contributed by atoms with E-state index in [1.165, 1.54) is 11.8 Å². The van der Waals surface area contributed by atoms with Crippen molar-refractivity contribution in [1.82, 2.24) is 4.57 Å². The van der Waals surface area contributed by atoms with E-state index in [1.807, 2.05) is 86.0 Å². The van der Waals surface area contributed by atoms with Crippen LogP contribution < -0.4 is 5.32 Å². The Morgan fingerprint density at radius 1 is 0.871 bits per heavy atom. The lowest BCUT2D eigenvalue weighted by Crippen LogP contribution is -2.19. The first-order chi connectivity index (χ1) is 14.8. The molecule has 0 aliphatic rings. The summed E-state index contributed by atoms with van der Waals surface area (Å²) in [5, 5.41) is 5.13. The molecule has 0 bridgehead atoms. The smallest absolute Gasteiger partial charge is 0.241 e. The topological polar surface area (TPSA) is 51.1 Å². The number of amides is 1. The number of hydrogen-bond donors (Lipinski definition) is 1. The molecule has 0 aliphatic heterocycles. The van der Waals surface area contributed by atoms with Gasteiger partial charge in [-0.15, -0.1) is 11.8 Å². The van der Waals surface area contributed by atoms with E-state index >= 15 is 0 Å². The summed E-state index contributed by atoms with van der Waals surface area (Å²) in [6.07, 6.45) is 0.455. The van der Waals surface area contributed by atoms with Crippen LogP contribution in [0.4, 0.5) is 5.69 Å². The van der Waals surface area contributed by atoms with Crippen molar-refractivity contribution in [1.29, 1.82) is 0 Å². The van der Waals surface area contributed by atoms with E-state index in [-0.39, 0.29) is 17.2 Å². The van der Waals surface area contributed by atoms with Crippen molar-refractivity contribution in [3.63, 3.8) is 0 Å². The second kappa shape index (κ2) is 8.60. The summed E-state index contributed by atoms with van der Waals surface area (Å²) in [6, 6.07) is 23.7. The standard InChI is InChI=1S/C26H26N2O2S/c1-26(2,3)16-24(29)27-18-9-8-10-19(15-18)31-17-25(30)28-22-13-6-4-11-20(22)21-12-5-7-14-23(21)28/h4-15H,16-17H2,1-3H3,(H,27,29). The molecule has 1 N–H and O–H groups in total. The van der Waals surface area contributed by atoms with Gasteiger partial charge in [0.25, 0.3) is 0 Å². The van der Waals surface area contributed by atoms with Crippen molar-refractivity contribution in [2.45, 2.75) is 32.1 Å². The molecule has 0 saturated heterocycles. The van der Waals surface area contributed by atoms with Crippen LogP contribution in [-0.4, -0.2) is 22.1 Å². The normalized spacial score (nSPS) is 11.7. The fourth-order valence-corrected chi connectivity index (χ4v) is 4.56. The average molecular weight is 431 g/mol. The number of benzene rings is 3. The molecule has 0 spiro atoms. The maximum Gasteiger partial charge on any atom is 0.241 e. The van der Waals surface area contributed by atoms with E-state index in [2.05, 4.69) is 17.4 Å². The van der Waals surface area contributed by atoms with E-state index in [1.54, 1.807) is 0 Å². The first kappa shape index (κ1) is 21.2. The van der Waals surface area contributed by atoms with E-state index < -0.39 is 0 Å². The predicted molar refractivity (Wildman–Crippen MR) is 130 cm³/mol. The largest absolute Gasteiger partial charge is 0.326 e. The summed E-state index contributed by atoms with van der Waals surface area (Å²) in [4.78, 5) is 26.4. The molecule has 5 heteroatoms. The van der Waals surface area contributed by atoms with Crippen molar-refractivity contribution in [2.24, 2.45) is 5.41 Å². The molecule has 4 aromatic rings. The molecular formula is C26H26N2O2S. The number of nitrogens with one attached hydrogen (secondary N) is 1. The summed E-state index contributed by atoms with van der Waals surface area (Å²) in [6.45, 7) is 6.12. The first-order valence-electron chi connectivity index (χ1n) is 10.4. The predicted octanol–water partition coefficient (Wildman–Crippen LogP) is 6.60. The number of carbonyl (C=O) groups is 2. The lowest BCUT2D eigenvalue weighted by Gasteiger charge is -2.17. The number of anilines is 1. The number of para-hydroxylation sites is 2. The van der Waals surface area contributed by atoms with Gasteiger partial charge in [0.05, 0.1) is 16.8 Å². The van der Waals surface area contributed by atoms with Crippen LogP contribution in [0.25, 0.3) is 21.8 Å². The van der Waals surface area contributed by atoms with Gasteiger partial charge in [0, 0.05) is 27.8 Å². The van der Waals surface area contributed by atoms with E-state index in [0.29, 0.717) is 12.2 Å². The van der Waals surface area contributed by atoms with E-state index in [9.17, 15) is 9.59 Å². The monoisotopic (exact) mass is 430 g/mol. The number of fused-ring (bicyclic) bond motifs is 3. The van der Waals surface area contributed by atoms with Gasteiger partial charge in [-0.2, -0.15) is 0 Å². The molecule has 0 fully saturated rings. The third kappa shape index (κ3) is 4.83. The molecule has 31 heavy (non-hydrogen) atoms. The molecule has 1 amide bonds. The summed E-state index contributed by atoms with van der Waals surface area (Å²) in [7, 11) is 0. The Morgan fingerprint density at radius 2 is 1.48 bits per heavy atom. The molecule has 0 atom stereocenters. The molecule has 4 rings (SSSR count). The van der Waals surface area contributed by atoms with Gasteiger partial charge in [0.1, 0.15) is 0 Å². The van der Waals surface area contributed by atoms with Crippen molar-refractivity contribution >= 4 is 51.1 Å². The SMILES string of the molecule is CC(C)(C)CC(=O)Nc1cccc(SCC(=O)n2c3ccccc3c3ccccc32)c1. The zero-order valence-electron chi connectivity index (χ0n) is 18.0. The third-order valence-corrected chi connectivity index (χ3v) is 5.98. The highest BCUT2D eigenvalue weighted by Gasteiger charge is 2.17. The van der Waals surface area contributed by atoms with Crippen LogP contribution in [0.2, 0.25) is 0 Å². The second-order valence-electron chi connectivity index (χ2n) is 8.87. The Labute approximate surface area is 186 Å². The van der Waals surface area contributed by atoms with Crippen LogP contribution in [0, 0.1) is 5.41 Å². The summed E-state index contributed by atoms with van der Waals surface area (Å²) in [5.74, 6) is 0.336. The summed E-state index contributed by atoms with van der Waals surface area (Å²) in [5.41, 5.74) is 2.55. The first-order valence-corrected chi connectivity index (χ1v) is 11.3. The zero-order valence-corrected chi connectivity index (χ0v) is 18.8. The van der Waals surface area contributed by atoms with Crippen LogP contribution in [-0.2, 0) is 4.79 Å².